The second-order valence-electron chi connectivity index (χ2n) is 5.18. The van der Waals surface area contributed by atoms with Crippen molar-refractivity contribution in [3.05, 3.63) is 16.7 Å². The zero-order valence-electron chi connectivity index (χ0n) is 11.9. The number of pyridine rings is 1. The first-order valence-electron chi connectivity index (χ1n) is 5.89. The van der Waals surface area contributed by atoms with E-state index in [2.05, 4.69) is 31.1 Å². The molecule has 0 atom stereocenters. The van der Waals surface area contributed by atoms with E-state index in [1.165, 1.54) is 12.3 Å². The summed E-state index contributed by atoms with van der Waals surface area (Å²) in [6.07, 6.45) is 1.47. The average molecular weight is 366 g/mol. The molecule has 7 nitrogen and oxygen atoms in total. The zero-order chi connectivity index (χ0) is 15.6. The Bertz CT molecular complexity index is 574. The third-order valence-electron chi connectivity index (χ3n) is 3.15. The van der Waals surface area contributed by atoms with Crippen molar-refractivity contribution in [3.63, 3.8) is 0 Å². The minimum atomic E-state index is -3.70. The third kappa shape index (κ3) is 4.13. The Hall–Kier alpha value is -0.740. The van der Waals surface area contributed by atoms with Crippen LogP contribution in [-0.4, -0.2) is 44.5 Å². The summed E-state index contributed by atoms with van der Waals surface area (Å²) in [6.45, 7) is 4.15. The molecule has 0 aliphatic carbocycles. The van der Waals surface area contributed by atoms with Crippen LogP contribution in [-0.2, 0) is 10.0 Å². The molecular weight excluding hydrogens is 346 g/mol. The summed E-state index contributed by atoms with van der Waals surface area (Å²) in [5.74, 6) is 5.40. The van der Waals surface area contributed by atoms with E-state index in [4.69, 9.17) is 5.84 Å². The molecule has 4 N–H and O–H groups in total. The molecule has 0 amide bonds. The van der Waals surface area contributed by atoms with Crippen molar-refractivity contribution in [2.24, 2.45) is 5.84 Å². The van der Waals surface area contributed by atoms with Crippen LogP contribution in [0.25, 0.3) is 0 Å². The van der Waals surface area contributed by atoms with E-state index in [1.807, 2.05) is 32.8 Å². The van der Waals surface area contributed by atoms with Crippen LogP contribution in [0.15, 0.2) is 21.6 Å². The van der Waals surface area contributed by atoms with Gasteiger partial charge in [-0.3, -0.25) is 0 Å². The highest BCUT2D eigenvalue weighted by atomic mass is 79.9. The standard InChI is InChI=1S/C11H20BrN5O2S/c1-11(2,17(3)4)7-15-20(18,19)9-5-8(12)6-14-10(9)16-13/h5-6,15H,7,13H2,1-4H3,(H,14,16). The number of hydrazine groups is 1. The summed E-state index contributed by atoms with van der Waals surface area (Å²) >= 11 is 3.20. The van der Waals surface area contributed by atoms with Crippen molar-refractivity contribution in [3.8, 4) is 0 Å². The van der Waals surface area contributed by atoms with E-state index in [0.29, 0.717) is 4.47 Å². The number of nitrogen functional groups attached to an aromatic ring is 1. The van der Waals surface area contributed by atoms with Crippen molar-refractivity contribution in [1.82, 2.24) is 14.6 Å². The van der Waals surface area contributed by atoms with Gasteiger partial charge in [0.05, 0.1) is 0 Å². The molecule has 1 aromatic rings. The Kier molecular flexibility index (Phi) is 5.50. The van der Waals surface area contributed by atoms with E-state index in [1.54, 1.807) is 0 Å². The minimum absolute atomic E-state index is 0.00364. The van der Waals surface area contributed by atoms with Crippen LogP contribution >= 0.6 is 15.9 Å². The van der Waals surface area contributed by atoms with E-state index >= 15 is 0 Å². The Morgan fingerprint density at radius 3 is 2.55 bits per heavy atom. The smallest absolute Gasteiger partial charge is 0.244 e. The number of aromatic nitrogens is 1. The predicted octanol–water partition coefficient (Wildman–Crippen LogP) is 0.748. The van der Waals surface area contributed by atoms with Crippen molar-refractivity contribution < 1.29 is 8.42 Å². The second kappa shape index (κ2) is 6.35. The highest BCUT2D eigenvalue weighted by molar-refractivity contribution is 9.10. The van der Waals surface area contributed by atoms with Gasteiger partial charge in [0.25, 0.3) is 0 Å². The van der Waals surface area contributed by atoms with E-state index in [0.717, 1.165) is 0 Å². The molecule has 20 heavy (non-hydrogen) atoms. The topological polar surface area (TPSA) is 100 Å². The van der Waals surface area contributed by atoms with Gasteiger partial charge in [0, 0.05) is 22.8 Å². The fourth-order valence-electron chi connectivity index (χ4n) is 1.24. The molecule has 0 saturated carbocycles. The molecule has 0 fully saturated rings. The van der Waals surface area contributed by atoms with Gasteiger partial charge in [0.15, 0.2) is 5.82 Å². The Labute approximate surface area is 128 Å². The fraction of sp³-hybridized carbons (Fsp3) is 0.545. The predicted molar refractivity (Wildman–Crippen MR) is 82.7 cm³/mol. The van der Waals surface area contributed by atoms with Gasteiger partial charge in [-0.25, -0.2) is 24.0 Å². The number of nitrogens with zero attached hydrogens (tertiary/aromatic N) is 2. The fourth-order valence-corrected chi connectivity index (χ4v) is 3.07. The number of hydrogen-bond acceptors (Lipinski definition) is 6. The van der Waals surface area contributed by atoms with Gasteiger partial charge < -0.3 is 10.3 Å². The van der Waals surface area contributed by atoms with Crippen LogP contribution in [0.5, 0.6) is 0 Å². The van der Waals surface area contributed by atoms with Gasteiger partial charge >= 0.3 is 0 Å². The molecule has 0 unspecified atom stereocenters. The van der Waals surface area contributed by atoms with Gasteiger partial charge in [-0.05, 0) is 49.9 Å². The first-order valence-corrected chi connectivity index (χ1v) is 8.17. The highest BCUT2D eigenvalue weighted by Crippen LogP contribution is 2.22. The van der Waals surface area contributed by atoms with Crippen molar-refractivity contribution >= 4 is 31.8 Å². The van der Waals surface area contributed by atoms with Crippen LogP contribution in [0.4, 0.5) is 5.82 Å². The Morgan fingerprint density at radius 2 is 2.05 bits per heavy atom. The van der Waals surface area contributed by atoms with Gasteiger partial charge in [0.2, 0.25) is 10.0 Å². The quantitative estimate of drug-likeness (QED) is 0.507. The van der Waals surface area contributed by atoms with Crippen LogP contribution in [0, 0.1) is 0 Å². The summed E-state index contributed by atoms with van der Waals surface area (Å²) in [6, 6.07) is 1.45. The summed E-state index contributed by atoms with van der Waals surface area (Å²) in [7, 11) is 0.0775. The number of likely N-dealkylation sites (N-methyl/N-ethyl adjacent to an activating group) is 1. The molecule has 1 rings (SSSR count). The van der Waals surface area contributed by atoms with E-state index in [-0.39, 0.29) is 22.8 Å². The molecule has 0 aliphatic heterocycles. The maximum Gasteiger partial charge on any atom is 0.244 e. The van der Waals surface area contributed by atoms with Crippen molar-refractivity contribution in [2.75, 3.05) is 26.1 Å². The molecule has 1 heterocycles. The van der Waals surface area contributed by atoms with Gasteiger partial charge in [0.1, 0.15) is 4.90 Å². The lowest BCUT2D eigenvalue weighted by Crippen LogP contribution is -2.48. The Balaban J connectivity index is 3.03. The molecule has 0 aromatic carbocycles. The van der Waals surface area contributed by atoms with E-state index < -0.39 is 10.0 Å². The summed E-state index contributed by atoms with van der Waals surface area (Å²) in [5, 5.41) is 0. The number of hydrogen-bond donors (Lipinski definition) is 3. The number of nitrogens with one attached hydrogen (secondary N) is 2. The highest BCUT2D eigenvalue weighted by Gasteiger charge is 2.26. The van der Waals surface area contributed by atoms with Crippen LogP contribution in [0.3, 0.4) is 0 Å². The molecular formula is C11H20BrN5O2S. The molecule has 0 spiro atoms. The molecule has 1 aromatic heterocycles. The summed E-state index contributed by atoms with van der Waals surface area (Å²) < 4.78 is 27.8. The largest absolute Gasteiger partial charge is 0.307 e. The molecule has 0 aliphatic rings. The van der Waals surface area contributed by atoms with Crippen LogP contribution < -0.4 is 16.0 Å². The average Bonchev–Trinajstić information content (AvgIpc) is 2.36. The summed E-state index contributed by atoms with van der Waals surface area (Å²) in [5.41, 5.74) is 1.97. The lowest BCUT2D eigenvalue weighted by atomic mass is 10.1. The first-order chi connectivity index (χ1) is 9.10. The van der Waals surface area contributed by atoms with Crippen molar-refractivity contribution in [1.29, 1.82) is 0 Å². The molecule has 114 valence electrons. The molecule has 0 saturated heterocycles. The SMILES string of the molecule is CN(C)C(C)(C)CNS(=O)(=O)c1cc(Br)cnc1NN. The second-order valence-corrected chi connectivity index (χ2v) is 7.83. The number of rotatable bonds is 6. The van der Waals surface area contributed by atoms with Crippen molar-refractivity contribution in [2.45, 2.75) is 24.3 Å². The number of halogens is 1. The van der Waals surface area contributed by atoms with Gasteiger partial charge in [-0.1, -0.05) is 0 Å². The van der Waals surface area contributed by atoms with Crippen LogP contribution in [0.1, 0.15) is 13.8 Å². The van der Waals surface area contributed by atoms with Crippen LogP contribution in [0.2, 0.25) is 0 Å². The molecule has 9 heteroatoms. The lowest BCUT2D eigenvalue weighted by Gasteiger charge is -2.32. The summed E-state index contributed by atoms with van der Waals surface area (Å²) in [4.78, 5) is 5.87. The zero-order valence-corrected chi connectivity index (χ0v) is 14.3. The number of sulfonamides is 1. The Morgan fingerprint density at radius 1 is 1.45 bits per heavy atom. The third-order valence-corrected chi connectivity index (χ3v) is 5.00. The first kappa shape index (κ1) is 17.3. The number of nitrogens with two attached hydrogens (primary N) is 1. The van der Waals surface area contributed by atoms with Gasteiger partial charge in [-0.15, -0.1) is 0 Å². The molecule has 0 radical (unpaired) electrons. The molecule has 0 bridgehead atoms. The lowest BCUT2D eigenvalue weighted by molar-refractivity contribution is 0.199. The minimum Gasteiger partial charge on any atom is -0.307 e. The maximum atomic E-state index is 12.3. The maximum absolute atomic E-state index is 12.3. The van der Waals surface area contributed by atoms with Gasteiger partial charge in [-0.2, -0.15) is 0 Å². The van der Waals surface area contributed by atoms with E-state index in [9.17, 15) is 8.42 Å². The number of anilines is 1. The normalized spacial score (nSPS) is 12.8. The monoisotopic (exact) mass is 365 g/mol.